The van der Waals surface area contributed by atoms with Crippen molar-refractivity contribution in [2.24, 2.45) is 4.99 Å². The Labute approximate surface area is 202 Å². The fourth-order valence-corrected chi connectivity index (χ4v) is 3.42. The molecular formula is C22H35IN6O2. The third kappa shape index (κ3) is 9.14. The van der Waals surface area contributed by atoms with Gasteiger partial charge in [0.1, 0.15) is 0 Å². The summed E-state index contributed by atoms with van der Waals surface area (Å²) in [5.74, 6) is 0.710. The van der Waals surface area contributed by atoms with Crippen LogP contribution in [0.3, 0.4) is 0 Å². The average Bonchev–Trinajstić information content (AvgIpc) is 3.25. The van der Waals surface area contributed by atoms with Crippen LogP contribution in [0.1, 0.15) is 25.0 Å². The predicted octanol–water partition coefficient (Wildman–Crippen LogP) is 1.69. The van der Waals surface area contributed by atoms with E-state index in [2.05, 4.69) is 49.8 Å². The third-order valence-corrected chi connectivity index (χ3v) is 5.02. The Morgan fingerprint density at radius 1 is 1.19 bits per heavy atom. The molecule has 3 N–H and O–H groups in total. The number of ether oxygens (including phenoxy) is 1. The monoisotopic (exact) mass is 542 g/mol. The van der Waals surface area contributed by atoms with Crippen LogP contribution >= 0.6 is 24.0 Å². The van der Waals surface area contributed by atoms with Gasteiger partial charge in [-0.05, 0) is 25.0 Å². The minimum atomic E-state index is -0.845. The quantitative estimate of drug-likeness (QED) is 0.254. The smallest absolute Gasteiger partial charge is 0.191 e. The van der Waals surface area contributed by atoms with Crippen LogP contribution in [0.2, 0.25) is 0 Å². The van der Waals surface area contributed by atoms with Crippen LogP contribution in [0.15, 0.2) is 48.0 Å². The van der Waals surface area contributed by atoms with Crippen LogP contribution < -0.4 is 10.6 Å². The van der Waals surface area contributed by atoms with Gasteiger partial charge in [-0.3, -0.25) is 4.90 Å². The van der Waals surface area contributed by atoms with Gasteiger partial charge in [0.05, 0.1) is 31.7 Å². The minimum absolute atomic E-state index is 0. The van der Waals surface area contributed by atoms with E-state index in [9.17, 15) is 5.11 Å². The highest BCUT2D eigenvalue weighted by Crippen LogP contribution is 2.09. The maximum atomic E-state index is 10.8. The number of hydrogen-bond donors (Lipinski definition) is 3. The third-order valence-electron chi connectivity index (χ3n) is 5.02. The first kappa shape index (κ1) is 25.6. The number of aliphatic imine (C=N–C) groups is 1. The summed E-state index contributed by atoms with van der Waals surface area (Å²) in [5, 5.41) is 17.3. The van der Waals surface area contributed by atoms with Gasteiger partial charge in [0.2, 0.25) is 0 Å². The Hall–Kier alpha value is -1.69. The number of nitrogens with one attached hydrogen (secondary N) is 2. The number of benzene rings is 1. The van der Waals surface area contributed by atoms with Crippen LogP contribution in [0.25, 0.3) is 0 Å². The van der Waals surface area contributed by atoms with Gasteiger partial charge in [-0.15, -0.1) is 24.0 Å². The lowest BCUT2D eigenvalue weighted by Gasteiger charge is -2.34. The van der Waals surface area contributed by atoms with Crippen molar-refractivity contribution >= 4 is 29.9 Å². The SMILES string of the molecule is CCNC(=NCc1ccc(Cn2ccnc2)cc1)NCC(C)(O)CN1CCOCC1.I. The highest BCUT2D eigenvalue weighted by molar-refractivity contribution is 14.0. The second kappa shape index (κ2) is 13.0. The minimum Gasteiger partial charge on any atom is -0.387 e. The molecule has 1 fully saturated rings. The Kier molecular flexibility index (Phi) is 10.7. The van der Waals surface area contributed by atoms with Crippen LogP contribution in [0.5, 0.6) is 0 Å². The second-order valence-corrected chi connectivity index (χ2v) is 7.99. The fourth-order valence-electron chi connectivity index (χ4n) is 3.42. The van der Waals surface area contributed by atoms with E-state index in [1.165, 1.54) is 5.56 Å². The molecule has 0 saturated carbocycles. The summed E-state index contributed by atoms with van der Waals surface area (Å²) in [6.07, 6.45) is 5.57. The van der Waals surface area contributed by atoms with Gasteiger partial charge in [-0.1, -0.05) is 24.3 Å². The van der Waals surface area contributed by atoms with E-state index in [1.807, 2.05) is 30.9 Å². The van der Waals surface area contributed by atoms with E-state index in [0.717, 1.165) is 45.0 Å². The summed E-state index contributed by atoms with van der Waals surface area (Å²) in [7, 11) is 0. The number of rotatable bonds is 9. The first-order valence-corrected chi connectivity index (χ1v) is 10.6. The molecule has 3 rings (SSSR count). The Balaban J connectivity index is 0.00000341. The molecule has 0 amide bonds. The molecule has 0 bridgehead atoms. The van der Waals surface area contributed by atoms with Crippen molar-refractivity contribution < 1.29 is 9.84 Å². The van der Waals surface area contributed by atoms with Crippen LogP contribution in [0, 0.1) is 0 Å². The Morgan fingerprint density at radius 3 is 2.55 bits per heavy atom. The lowest BCUT2D eigenvalue weighted by molar-refractivity contribution is -0.0201. The van der Waals surface area contributed by atoms with Crippen molar-refractivity contribution in [1.29, 1.82) is 0 Å². The van der Waals surface area contributed by atoms with E-state index in [-0.39, 0.29) is 24.0 Å². The van der Waals surface area contributed by atoms with Crippen molar-refractivity contribution in [1.82, 2.24) is 25.1 Å². The van der Waals surface area contributed by atoms with E-state index >= 15 is 0 Å². The number of aliphatic hydroxyl groups is 1. The van der Waals surface area contributed by atoms with Gasteiger partial charge in [0.15, 0.2) is 5.96 Å². The molecule has 0 aliphatic carbocycles. The summed E-state index contributed by atoms with van der Waals surface area (Å²) in [6, 6.07) is 8.46. The Morgan fingerprint density at radius 2 is 1.90 bits per heavy atom. The molecule has 0 radical (unpaired) electrons. The molecule has 1 saturated heterocycles. The number of β-amino-alcohol motifs (C(OH)–C–C–N with tert-alkyl or cyclic N) is 1. The predicted molar refractivity (Wildman–Crippen MR) is 134 cm³/mol. The van der Waals surface area contributed by atoms with Crippen molar-refractivity contribution in [2.75, 3.05) is 45.9 Å². The topological polar surface area (TPSA) is 86.9 Å². The molecule has 0 spiro atoms. The molecule has 1 atom stereocenters. The van der Waals surface area contributed by atoms with Crippen molar-refractivity contribution in [3.8, 4) is 0 Å². The molecule has 8 nitrogen and oxygen atoms in total. The number of halogens is 1. The van der Waals surface area contributed by atoms with Gasteiger partial charge in [-0.2, -0.15) is 0 Å². The lowest BCUT2D eigenvalue weighted by Crippen LogP contribution is -2.52. The summed E-state index contributed by atoms with van der Waals surface area (Å²) < 4.78 is 7.42. The molecule has 9 heteroatoms. The van der Waals surface area contributed by atoms with Gasteiger partial charge in [0.25, 0.3) is 0 Å². The van der Waals surface area contributed by atoms with E-state index in [1.54, 1.807) is 6.20 Å². The van der Waals surface area contributed by atoms with E-state index in [4.69, 9.17) is 4.74 Å². The summed E-state index contributed by atoms with van der Waals surface area (Å²) in [4.78, 5) is 11.0. The largest absolute Gasteiger partial charge is 0.387 e. The second-order valence-electron chi connectivity index (χ2n) is 7.99. The summed E-state index contributed by atoms with van der Waals surface area (Å²) in [6.45, 7) is 10.3. The number of aromatic nitrogens is 2. The highest BCUT2D eigenvalue weighted by Gasteiger charge is 2.25. The molecule has 2 aromatic rings. The molecule has 2 heterocycles. The number of nitrogens with zero attached hydrogens (tertiary/aromatic N) is 4. The maximum Gasteiger partial charge on any atom is 0.191 e. The number of hydrogen-bond acceptors (Lipinski definition) is 5. The lowest BCUT2D eigenvalue weighted by atomic mass is 10.1. The first-order chi connectivity index (χ1) is 14.5. The molecule has 1 aromatic heterocycles. The summed E-state index contributed by atoms with van der Waals surface area (Å²) >= 11 is 0. The van der Waals surface area contributed by atoms with E-state index < -0.39 is 5.60 Å². The van der Waals surface area contributed by atoms with Crippen molar-refractivity contribution in [3.63, 3.8) is 0 Å². The van der Waals surface area contributed by atoms with Crippen molar-refractivity contribution in [2.45, 2.75) is 32.5 Å². The molecule has 1 aromatic carbocycles. The zero-order valence-corrected chi connectivity index (χ0v) is 20.8. The Bertz CT molecular complexity index is 774. The summed E-state index contributed by atoms with van der Waals surface area (Å²) in [5.41, 5.74) is 1.52. The highest BCUT2D eigenvalue weighted by atomic mass is 127. The van der Waals surface area contributed by atoms with Gasteiger partial charge < -0.3 is 25.0 Å². The standard InChI is InChI=1S/C22H34N6O2.HI/c1-3-24-21(26-16-22(2,29)17-27-10-12-30-13-11-27)25-14-19-4-6-20(7-5-19)15-28-9-8-23-18-28;/h4-9,18,29H,3,10-17H2,1-2H3,(H2,24,25,26);1H. The zero-order valence-electron chi connectivity index (χ0n) is 18.5. The van der Waals surface area contributed by atoms with Gasteiger partial charge in [-0.25, -0.2) is 9.98 Å². The first-order valence-electron chi connectivity index (χ1n) is 10.6. The van der Waals surface area contributed by atoms with Gasteiger partial charge in [0, 0.05) is 51.7 Å². The van der Waals surface area contributed by atoms with Gasteiger partial charge >= 0.3 is 0 Å². The maximum absolute atomic E-state index is 10.8. The molecule has 1 aliphatic rings. The normalized spacial score (nSPS) is 16.9. The van der Waals surface area contributed by atoms with Crippen molar-refractivity contribution in [3.05, 3.63) is 54.1 Å². The average molecular weight is 542 g/mol. The molecule has 172 valence electrons. The molecule has 31 heavy (non-hydrogen) atoms. The zero-order chi connectivity index (χ0) is 21.2. The fraction of sp³-hybridized carbons (Fsp3) is 0.545. The number of morpholine rings is 1. The van der Waals surface area contributed by atoms with Crippen LogP contribution in [-0.2, 0) is 17.8 Å². The number of guanidine groups is 1. The molecule has 1 aliphatic heterocycles. The molecular weight excluding hydrogens is 507 g/mol. The van der Waals surface area contributed by atoms with E-state index in [0.29, 0.717) is 25.6 Å². The number of imidazole rings is 1. The molecule has 1 unspecified atom stereocenters. The van der Waals surface area contributed by atoms with Crippen LogP contribution in [0.4, 0.5) is 0 Å². The van der Waals surface area contributed by atoms with Crippen LogP contribution in [-0.4, -0.2) is 77.1 Å².